The SMILES string of the molecule is COc1ccc(/C=C/C(=O)N(C)Cc2ccc(Br)cc2)c(OC)c1. The van der Waals surface area contributed by atoms with E-state index in [1.807, 2.05) is 36.4 Å². The first-order valence-electron chi connectivity index (χ1n) is 7.43. The zero-order chi connectivity index (χ0) is 17.5. The lowest BCUT2D eigenvalue weighted by Crippen LogP contribution is -2.24. The van der Waals surface area contributed by atoms with Gasteiger partial charge < -0.3 is 14.4 Å². The van der Waals surface area contributed by atoms with Crippen molar-refractivity contribution in [2.75, 3.05) is 21.3 Å². The van der Waals surface area contributed by atoms with Gasteiger partial charge in [-0.2, -0.15) is 0 Å². The average molecular weight is 390 g/mol. The first kappa shape index (κ1) is 18.1. The standard InChI is InChI=1S/C19H20BrNO3/c1-21(13-14-4-8-16(20)9-5-14)19(22)11-7-15-6-10-17(23-2)12-18(15)24-3/h4-12H,13H2,1-3H3/b11-7+. The van der Waals surface area contributed by atoms with Crippen LogP contribution in [0.15, 0.2) is 53.0 Å². The van der Waals surface area contributed by atoms with Crippen LogP contribution in [0.2, 0.25) is 0 Å². The van der Waals surface area contributed by atoms with E-state index in [2.05, 4.69) is 15.9 Å². The van der Waals surface area contributed by atoms with Gasteiger partial charge in [0.2, 0.25) is 5.91 Å². The molecule has 0 aliphatic rings. The maximum Gasteiger partial charge on any atom is 0.246 e. The van der Waals surface area contributed by atoms with Crippen LogP contribution in [0.25, 0.3) is 6.08 Å². The van der Waals surface area contributed by atoms with Crippen molar-refractivity contribution in [1.29, 1.82) is 0 Å². The first-order valence-corrected chi connectivity index (χ1v) is 8.22. The minimum absolute atomic E-state index is 0.0733. The molecule has 0 aliphatic heterocycles. The van der Waals surface area contributed by atoms with Gasteiger partial charge in [-0.3, -0.25) is 4.79 Å². The van der Waals surface area contributed by atoms with Gasteiger partial charge in [0.1, 0.15) is 11.5 Å². The number of carbonyl (C=O) groups excluding carboxylic acids is 1. The second-order valence-corrected chi connectivity index (χ2v) is 6.18. The van der Waals surface area contributed by atoms with E-state index in [1.54, 1.807) is 44.4 Å². The minimum atomic E-state index is -0.0733. The van der Waals surface area contributed by atoms with Crippen LogP contribution in [0.5, 0.6) is 11.5 Å². The van der Waals surface area contributed by atoms with Crippen molar-refractivity contribution < 1.29 is 14.3 Å². The van der Waals surface area contributed by atoms with E-state index < -0.39 is 0 Å². The molecule has 0 fully saturated rings. The second kappa shape index (κ2) is 8.55. The summed E-state index contributed by atoms with van der Waals surface area (Å²) in [6.45, 7) is 0.552. The number of amides is 1. The molecule has 2 rings (SSSR count). The molecule has 2 aromatic rings. The lowest BCUT2D eigenvalue weighted by atomic mass is 10.1. The number of hydrogen-bond acceptors (Lipinski definition) is 3. The zero-order valence-corrected chi connectivity index (χ0v) is 15.5. The van der Waals surface area contributed by atoms with E-state index in [9.17, 15) is 4.79 Å². The van der Waals surface area contributed by atoms with Crippen molar-refractivity contribution in [2.45, 2.75) is 6.54 Å². The maximum atomic E-state index is 12.3. The van der Waals surface area contributed by atoms with Crippen LogP contribution < -0.4 is 9.47 Å². The quantitative estimate of drug-likeness (QED) is 0.696. The number of benzene rings is 2. The molecule has 0 spiro atoms. The van der Waals surface area contributed by atoms with E-state index in [4.69, 9.17) is 9.47 Å². The van der Waals surface area contributed by atoms with Crippen LogP contribution in [0.1, 0.15) is 11.1 Å². The van der Waals surface area contributed by atoms with Crippen molar-refractivity contribution in [1.82, 2.24) is 4.90 Å². The van der Waals surface area contributed by atoms with Gasteiger partial charge >= 0.3 is 0 Å². The van der Waals surface area contributed by atoms with Gasteiger partial charge in [-0.15, -0.1) is 0 Å². The van der Waals surface area contributed by atoms with Gasteiger partial charge in [0.05, 0.1) is 14.2 Å². The molecule has 2 aromatic carbocycles. The van der Waals surface area contributed by atoms with Crippen LogP contribution >= 0.6 is 15.9 Å². The summed E-state index contributed by atoms with van der Waals surface area (Å²) < 4.78 is 11.5. The normalized spacial score (nSPS) is 10.7. The number of halogens is 1. The molecule has 0 bridgehead atoms. The van der Waals surface area contributed by atoms with Gasteiger partial charge in [0.25, 0.3) is 0 Å². The summed E-state index contributed by atoms with van der Waals surface area (Å²) in [5.74, 6) is 1.30. The molecule has 0 atom stereocenters. The first-order chi connectivity index (χ1) is 11.5. The van der Waals surface area contributed by atoms with Crippen molar-refractivity contribution in [3.63, 3.8) is 0 Å². The molecule has 1 amide bonds. The lowest BCUT2D eigenvalue weighted by Gasteiger charge is -2.15. The summed E-state index contributed by atoms with van der Waals surface area (Å²) >= 11 is 3.40. The highest BCUT2D eigenvalue weighted by atomic mass is 79.9. The van der Waals surface area contributed by atoms with Crippen molar-refractivity contribution in [3.8, 4) is 11.5 Å². The fourth-order valence-corrected chi connectivity index (χ4v) is 2.45. The number of carbonyl (C=O) groups is 1. The predicted molar refractivity (Wildman–Crippen MR) is 99.2 cm³/mol. The number of likely N-dealkylation sites (N-methyl/N-ethyl adjacent to an activating group) is 1. The molecule has 0 heterocycles. The van der Waals surface area contributed by atoms with Crippen molar-refractivity contribution in [3.05, 3.63) is 64.1 Å². The lowest BCUT2D eigenvalue weighted by molar-refractivity contribution is -0.125. The second-order valence-electron chi connectivity index (χ2n) is 5.26. The van der Waals surface area contributed by atoms with Gasteiger partial charge in [0.15, 0.2) is 0 Å². The van der Waals surface area contributed by atoms with Crippen molar-refractivity contribution in [2.24, 2.45) is 0 Å². The van der Waals surface area contributed by atoms with Gasteiger partial charge in [-0.25, -0.2) is 0 Å². The Kier molecular flexibility index (Phi) is 6.44. The van der Waals surface area contributed by atoms with Crippen LogP contribution in [0.4, 0.5) is 0 Å². The molecule has 0 radical (unpaired) electrons. The Morgan fingerprint density at radius 3 is 2.46 bits per heavy atom. The molecule has 0 saturated heterocycles. The number of rotatable bonds is 6. The summed E-state index contributed by atoms with van der Waals surface area (Å²) in [4.78, 5) is 13.9. The Morgan fingerprint density at radius 1 is 1.12 bits per heavy atom. The molecule has 0 saturated carbocycles. The van der Waals surface area contributed by atoms with Crippen LogP contribution in [-0.4, -0.2) is 32.1 Å². The molecule has 5 heteroatoms. The predicted octanol–water partition coefficient (Wildman–Crippen LogP) is 4.14. The highest BCUT2D eigenvalue weighted by molar-refractivity contribution is 9.10. The number of hydrogen-bond donors (Lipinski definition) is 0. The Morgan fingerprint density at radius 2 is 1.83 bits per heavy atom. The molecule has 24 heavy (non-hydrogen) atoms. The zero-order valence-electron chi connectivity index (χ0n) is 14.0. The number of methoxy groups -OCH3 is 2. The van der Waals surface area contributed by atoms with E-state index in [1.165, 1.54) is 0 Å². The van der Waals surface area contributed by atoms with Gasteiger partial charge in [-0.1, -0.05) is 28.1 Å². The molecule has 126 valence electrons. The monoisotopic (exact) mass is 389 g/mol. The molecule has 0 aliphatic carbocycles. The Hall–Kier alpha value is -2.27. The smallest absolute Gasteiger partial charge is 0.246 e. The Bertz CT molecular complexity index is 726. The van der Waals surface area contributed by atoms with E-state index in [0.29, 0.717) is 18.0 Å². The van der Waals surface area contributed by atoms with Crippen LogP contribution in [-0.2, 0) is 11.3 Å². The summed E-state index contributed by atoms with van der Waals surface area (Å²) in [6, 6.07) is 13.4. The van der Waals surface area contributed by atoms with E-state index in [-0.39, 0.29) is 5.91 Å². The highest BCUT2D eigenvalue weighted by Crippen LogP contribution is 2.25. The third-order valence-corrected chi connectivity index (χ3v) is 4.08. The summed E-state index contributed by atoms with van der Waals surface area (Å²) in [7, 11) is 4.97. The van der Waals surface area contributed by atoms with Crippen LogP contribution in [0, 0.1) is 0 Å². The average Bonchev–Trinajstić information content (AvgIpc) is 2.61. The summed E-state index contributed by atoms with van der Waals surface area (Å²) in [5, 5.41) is 0. The Labute approximate surface area is 150 Å². The fourth-order valence-electron chi connectivity index (χ4n) is 2.19. The van der Waals surface area contributed by atoms with E-state index >= 15 is 0 Å². The molecular weight excluding hydrogens is 370 g/mol. The van der Waals surface area contributed by atoms with Gasteiger partial charge in [-0.05, 0) is 35.9 Å². The number of ether oxygens (including phenoxy) is 2. The highest BCUT2D eigenvalue weighted by Gasteiger charge is 2.07. The third-order valence-electron chi connectivity index (χ3n) is 3.56. The molecule has 4 nitrogen and oxygen atoms in total. The Balaban J connectivity index is 2.05. The third kappa shape index (κ3) is 4.86. The molecule has 0 N–H and O–H groups in total. The van der Waals surface area contributed by atoms with E-state index in [0.717, 1.165) is 15.6 Å². The maximum absolute atomic E-state index is 12.3. The van der Waals surface area contributed by atoms with Gasteiger partial charge in [0, 0.05) is 35.8 Å². The molecular formula is C19H20BrNO3. The molecule has 0 unspecified atom stereocenters. The van der Waals surface area contributed by atoms with Crippen LogP contribution in [0.3, 0.4) is 0 Å². The summed E-state index contributed by atoms with van der Waals surface area (Å²) in [6.07, 6.45) is 3.29. The minimum Gasteiger partial charge on any atom is -0.497 e. The topological polar surface area (TPSA) is 38.8 Å². The molecule has 0 aromatic heterocycles. The fraction of sp³-hybridized carbons (Fsp3) is 0.211. The number of nitrogens with zero attached hydrogens (tertiary/aromatic N) is 1. The summed E-state index contributed by atoms with van der Waals surface area (Å²) in [5.41, 5.74) is 1.90. The largest absolute Gasteiger partial charge is 0.497 e. The van der Waals surface area contributed by atoms with Crippen molar-refractivity contribution >= 4 is 27.9 Å².